The van der Waals surface area contributed by atoms with Gasteiger partial charge in [-0.3, -0.25) is 10.1 Å². The largest absolute Gasteiger partial charge is 0.433 e. The Bertz CT molecular complexity index is 701. The molecule has 0 fully saturated rings. The monoisotopic (exact) mass is 288 g/mol. The van der Waals surface area contributed by atoms with E-state index in [9.17, 15) is 10.1 Å². The number of nitro groups is 1. The standard InChI is InChI=1S/C14H16N4O3/c1-8-4-5-9(2)13(10(8)3)21-14-11(18(19)20)6-7-12(16-14)17-15/h4-7H,15H2,1-3H3,(H,16,17). The van der Waals surface area contributed by atoms with Crippen molar-refractivity contribution < 1.29 is 9.66 Å². The lowest BCUT2D eigenvalue weighted by molar-refractivity contribution is -0.386. The van der Waals surface area contributed by atoms with Gasteiger partial charge in [-0.15, -0.1) is 0 Å². The van der Waals surface area contributed by atoms with Crippen LogP contribution < -0.4 is 16.0 Å². The Morgan fingerprint density at radius 1 is 1.19 bits per heavy atom. The van der Waals surface area contributed by atoms with Gasteiger partial charge in [0.1, 0.15) is 11.6 Å². The summed E-state index contributed by atoms with van der Waals surface area (Å²) in [5.74, 6) is 6.05. The van der Waals surface area contributed by atoms with E-state index in [1.807, 2.05) is 32.9 Å². The van der Waals surface area contributed by atoms with E-state index >= 15 is 0 Å². The number of nitrogens with two attached hydrogens (primary N) is 1. The molecule has 1 aromatic heterocycles. The van der Waals surface area contributed by atoms with Crippen molar-refractivity contribution in [3.63, 3.8) is 0 Å². The number of aromatic nitrogens is 1. The lowest BCUT2D eigenvalue weighted by Crippen LogP contribution is -2.09. The molecule has 3 N–H and O–H groups in total. The SMILES string of the molecule is Cc1ccc(C)c(Oc2nc(NN)ccc2[N+](=O)[O-])c1C. The maximum absolute atomic E-state index is 11.1. The summed E-state index contributed by atoms with van der Waals surface area (Å²) < 4.78 is 5.71. The van der Waals surface area contributed by atoms with Crippen LogP contribution in [0.25, 0.3) is 0 Å². The fourth-order valence-corrected chi connectivity index (χ4v) is 1.91. The Morgan fingerprint density at radius 2 is 1.86 bits per heavy atom. The van der Waals surface area contributed by atoms with Crippen LogP contribution in [0.1, 0.15) is 16.7 Å². The van der Waals surface area contributed by atoms with Crippen LogP contribution in [0, 0.1) is 30.9 Å². The molecule has 0 saturated heterocycles. The van der Waals surface area contributed by atoms with E-state index in [0.29, 0.717) is 11.6 Å². The highest BCUT2D eigenvalue weighted by Gasteiger charge is 2.20. The van der Waals surface area contributed by atoms with Gasteiger partial charge in [0.15, 0.2) is 0 Å². The van der Waals surface area contributed by atoms with Crippen molar-refractivity contribution in [1.82, 2.24) is 4.98 Å². The highest BCUT2D eigenvalue weighted by molar-refractivity contribution is 5.53. The van der Waals surface area contributed by atoms with Crippen molar-refractivity contribution in [1.29, 1.82) is 0 Å². The summed E-state index contributed by atoms with van der Waals surface area (Å²) in [7, 11) is 0. The van der Waals surface area contributed by atoms with Gasteiger partial charge in [0.05, 0.1) is 4.92 Å². The smallest absolute Gasteiger partial charge is 0.331 e. The number of benzene rings is 1. The predicted molar refractivity (Wildman–Crippen MR) is 79.4 cm³/mol. The summed E-state index contributed by atoms with van der Waals surface area (Å²) >= 11 is 0. The second-order valence-corrected chi connectivity index (χ2v) is 4.68. The second kappa shape index (κ2) is 5.76. The molecule has 1 heterocycles. The molecule has 1 aromatic carbocycles. The first-order valence-corrected chi connectivity index (χ1v) is 6.30. The zero-order valence-corrected chi connectivity index (χ0v) is 12.0. The molecular weight excluding hydrogens is 272 g/mol. The fourth-order valence-electron chi connectivity index (χ4n) is 1.91. The van der Waals surface area contributed by atoms with Gasteiger partial charge in [0.2, 0.25) is 0 Å². The molecule has 21 heavy (non-hydrogen) atoms. The normalized spacial score (nSPS) is 10.3. The number of nitrogens with one attached hydrogen (secondary N) is 1. The van der Waals surface area contributed by atoms with Crippen LogP contribution in [-0.4, -0.2) is 9.91 Å². The Balaban J connectivity index is 2.53. The van der Waals surface area contributed by atoms with Gasteiger partial charge in [-0.05, 0) is 43.5 Å². The van der Waals surface area contributed by atoms with Gasteiger partial charge in [-0.25, -0.2) is 5.84 Å². The Labute approximate surface area is 121 Å². The van der Waals surface area contributed by atoms with Crippen molar-refractivity contribution >= 4 is 11.5 Å². The number of pyridine rings is 1. The third kappa shape index (κ3) is 2.92. The van der Waals surface area contributed by atoms with Gasteiger partial charge in [-0.2, -0.15) is 4.98 Å². The van der Waals surface area contributed by atoms with Crippen molar-refractivity contribution in [2.45, 2.75) is 20.8 Å². The predicted octanol–water partition coefficient (Wildman–Crippen LogP) is 2.99. The van der Waals surface area contributed by atoms with E-state index in [-0.39, 0.29) is 11.6 Å². The maximum Gasteiger partial charge on any atom is 0.331 e. The maximum atomic E-state index is 11.1. The number of hydrogen-bond donors (Lipinski definition) is 2. The van der Waals surface area contributed by atoms with Crippen LogP contribution in [0.4, 0.5) is 11.5 Å². The average molecular weight is 288 g/mol. The van der Waals surface area contributed by atoms with Crippen LogP contribution in [0.15, 0.2) is 24.3 Å². The van der Waals surface area contributed by atoms with E-state index in [4.69, 9.17) is 10.6 Å². The molecule has 0 aliphatic heterocycles. The number of nitrogens with zero attached hydrogens (tertiary/aromatic N) is 2. The first-order valence-electron chi connectivity index (χ1n) is 6.30. The minimum absolute atomic E-state index is 0.0905. The molecule has 0 spiro atoms. The summed E-state index contributed by atoms with van der Waals surface area (Å²) in [6.45, 7) is 5.72. The second-order valence-electron chi connectivity index (χ2n) is 4.68. The number of hydrogen-bond acceptors (Lipinski definition) is 6. The summed E-state index contributed by atoms with van der Waals surface area (Å²) in [5, 5.41) is 11.1. The number of ether oxygens (including phenoxy) is 1. The molecular formula is C14H16N4O3. The van der Waals surface area contributed by atoms with Gasteiger partial charge in [0, 0.05) is 6.07 Å². The molecule has 0 amide bonds. The van der Waals surface area contributed by atoms with Gasteiger partial charge >= 0.3 is 11.6 Å². The molecule has 0 saturated carbocycles. The number of anilines is 1. The van der Waals surface area contributed by atoms with E-state index in [1.165, 1.54) is 12.1 Å². The first-order chi connectivity index (χ1) is 9.93. The molecule has 2 rings (SSSR count). The van der Waals surface area contributed by atoms with Crippen molar-refractivity contribution in [3.8, 4) is 11.6 Å². The zero-order valence-electron chi connectivity index (χ0n) is 12.0. The topological polar surface area (TPSA) is 103 Å². The molecule has 7 nitrogen and oxygen atoms in total. The summed E-state index contributed by atoms with van der Waals surface area (Å²) in [5.41, 5.74) is 4.96. The molecule has 110 valence electrons. The van der Waals surface area contributed by atoms with Crippen molar-refractivity contribution in [2.75, 3.05) is 5.43 Å². The zero-order chi connectivity index (χ0) is 15.6. The van der Waals surface area contributed by atoms with Gasteiger partial charge in [-0.1, -0.05) is 12.1 Å². The number of rotatable bonds is 4. The summed E-state index contributed by atoms with van der Waals surface area (Å²) in [4.78, 5) is 14.6. The van der Waals surface area contributed by atoms with E-state index in [0.717, 1.165) is 16.7 Å². The van der Waals surface area contributed by atoms with Gasteiger partial charge < -0.3 is 10.2 Å². The minimum Gasteiger partial charge on any atom is -0.433 e. The summed E-state index contributed by atoms with van der Waals surface area (Å²) in [6.07, 6.45) is 0. The van der Waals surface area contributed by atoms with Crippen LogP contribution in [0.3, 0.4) is 0 Å². The minimum atomic E-state index is -0.539. The van der Waals surface area contributed by atoms with Crippen LogP contribution in [-0.2, 0) is 0 Å². The highest BCUT2D eigenvalue weighted by atomic mass is 16.6. The fraction of sp³-hybridized carbons (Fsp3) is 0.214. The van der Waals surface area contributed by atoms with Crippen molar-refractivity contribution in [2.24, 2.45) is 5.84 Å². The Hall–Kier alpha value is -2.67. The van der Waals surface area contributed by atoms with E-state index in [1.54, 1.807) is 0 Å². The Morgan fingerprint density at radius 3 is 2.48 bits per heavy atom. The van der Waals surface area contributed by atoms with Crippen LogP contribution in [0.2, 0.25) is 0 Å². The van der Waals surface area contributed by atoms with E-state index < -0.39 is 4.92 Å². The molecule has 2 aromatic rings. The highest BCUT2D eigenvalue weighted by Crippen LogP contribution is 2.34. The molecule has 0 aliphatic carbocycles. The molecule has 0 unspecified atom stereocenters. The third-order valence-corrected chi connectivity index (χ3v) is 3.26. The lowest BCUT2D eigenvalue weighted by Gasteiger charge is -2.13. The first kappa shape index (κ1) is 14.7. The van der Waals surface area contributed by atoms with Crippen LogP contribution in [0.5, 0.6) is 11.6 Å². The third-order valence-electron chi connectivity index (χ3n) is 3.26. The average Bonchev–Trinajstić information content (AvgIpc) is 2.47. The molecule has 7 heteroatoms. The molecule has 0 bridgehead atoms. The lowest BCUT2D eigenvalue weighted by atomic mass is 10.1. The Kier molecular flexibility index (Phi) is 4.04. The molecule has 0 aliphatic rings. The summed E-state index contributed by atoms with van der Waals surface area (Å²) in [6, 6.07) is 6.59. The quantitative estimate of drug-likeness (QED) is 0.509. The number of hydrazine groups is 1. The van der Waals surface area contributed by atoms with Crippen molar-refractivity contribution in [3.05, 3.63) is 51.1 Å². The molecule has 0 atom stereocenters. The van der Waals surface area contributed by atoms with Gasteiger partial charge in [0.25, 0.3) is 0 Å². The van der Waals surface area contributed by atoms with Crippen LogP contribution >= 0.6 is 0 Å². The molecule has 0 radical (unpaired) electrons. The number of nitrogen functional groups attached to an aromatic ring is 1. The van der Waals surface area contributed by atoms with E-state index in [2.05, 4.69) is 10.4 Å². The number of aryl methyl sites for hydroxylation is 2.